The van der Waals surface area contributed by atoms with Crippen molar-refractivity contribution in [1.82, 2.24) is 0 Å². The van der Waals surface area contributed by atoms with E-state index in [2.05, 4.69) is 5.32 Å². The number of rotatable bonds is 6. The van der Waals surface area contributed by atoms with Crippen LogP contribution in [-0.2, 0) is 44.5 Å². The second-order valence-electron chi connectivity index (χ2n) is 16.4. The van der Waals surface area contributed by atoms with E-state index in [0.717, 1.165) is 0 Å². The van der Waals surface area contributed by atoms with Crippen LogP contribution in [-0.4, -0.2) is 53.8 Å². The Morgan fingerprint density at radius 1 is 0.796 bits per heavy atom. The van der Waals surface area contributed by atoms with Crippen LogP contribution in [0.1, 0.15) is 105 Å². The van der Waals surface area contributed by atoms with Gasteiger partial charge in [-0.25, -0.2) is 9.59 Å². The van der Waals surface area contributed by atoms with Gasteiger partial charge in [0.15, 0.2) is 12.2 Å². The number of carbonyl (C=O) groups is 4. The molecule has 7 rings (SSSR count). The Balaban J connectivity index is 1.40. The Hall–Kier alpha value is -4.09. The van der Waals surface area contributed by atoms with Gasteiger partial charge in [-0.1, -0.05) is 34.6 Å². The molecule has 264 valence electrons. The van der Waals surface area contributed by atoms with Crippen molar-refractivity contribution in [2.75, 3.05) is 12.4 Å². The zero-order valence-electron chi connectivity index (χ0n) is 29.8. The first-order valence-electron chi connectivity index (χ1n) is 17.1. The summed E-state index contributed by atoms with van der Waals surface area (Å²) in [4.78, 5) is 69.0. The first kappa shape index (κ1) is 33.4. The van der Waals surface area contributed by atoms with Crippen molar-refractivity contribution in [1.29, 1.82) is 0 Å². The molecule has 4 heterocycles. The molecule has 2 saturated carbocycles. The third kappa shape index (κ3) is 3.72. The van der Waals surface area contributed by atoms with Gasteiger partial charge in [0.05, 0.1) is 21.8 Å². The van der Waals surface area contributed by atoms with E-state index in [1.165, 1.54) is 0 Å². The van der Waals surface area contributed by atoms with Gasteiger partial charge in [0.25, 0.3) is 0 Å². The number of anilines is 1. The van der Waals surface area contributed by atoms with Crippen LogP contribution in [0, 0.1) is 21.7 Å². The van der Waals surface area contributed by atoms with E-state index < -0.39 is 74.5 Å². The van der Waals surface area contributed by atoms with Gasteiger partial charge in [-0.05, 0) is 65.5 Å². The molecule has 1 N–H and O–H groups in total. The summed E-state index contributed by atoms with van der Waals surface area (Å²) in [6, 6.07) is 3.19. The maximum atomic E-state index is 14.6. The van der Waals surface area contributed by atoms with Crippen molar-refractivity contribution < 1.29 is 47.3 Å². The van der Waals surface area contributed by atoms with Crippen molar-refractivity contribution in [2.24, 2.45) is 21.7 Å². The van der Waals surface area contributed by atoms with Crippen LogP contribution in [0.2, 0.25) is 0 Å². The van der Waals surface area contributed by atoms with E-state index in [1.54, 1.807) is 46.9 Å². The predicted octanol–water partition coefficient (Wildman–Crippen LogP) is 5.31. The minimum Gasteiger partial charge on any atom is -0.483 e. The molecule has 2 saturated heterocycles. The van der Waals surface area contributed by atoms with Gasteiger partial charge < -0.3 is 33.4 Å². The monoisotopic (exact) mass is 679 g/mol. The van der Waals surface area contributed by atoms with Gasteiger partial charge in [-0.2, -0.15) is 0 Å². The lowest BCUT2D eigenvalue weighted by molar-refractivity contribution is -0.217. The van der Waals surface area contributed by atoms with E-state index in [1.807, 2.05) is 34.6 Å². The van der Waals surface area contributed by atoms with Crippen LogP contribution < -0.4 is 15.5 Å². The van der Waals surface area contributed by atoms with E-state index in [9.17, 15) is 24.0 Å². The Labute approximate surface area is 284 Å². The predicted molar refractivity (Wildman–Crippen MR) is 175 cm³/mol. The van der Waals surface area contributed by atoms with Crippen LogP contribution in [0.15, 0.2) is 21.3 Å². The van der Waals surface area contributed by atoms with Crippen LogP contribution >= 0.6 is 0 Å². The highest BCUT2D eigenvalue weighted by Crippen LogP contribution is 2.67. The van der Waals surface area contributed by atoms with Crippen LogP contribution in [0.4, 0.5) is 5.69 Å². The smallest absolute Gasteiger partial charge is 0.351 e. The maximum Gasteiger partial charge on any atom is 0.351 e. The summed E-state index contributed by atoms with van der Waals surface area (Å²) in [6.45, 7) is 16.1. The number of esters is 4. The van der Waals surface area contributed by atoms with Gasteiger partial charge >= 0.3 is 23.9 Å². The van der Waals surface area contributed by atoms with E-state index >= 15 is 0 Å². The van der Waals surface area contributed by atoms with Crippen molar-refractivity contribution >= 4 is 40.5 Å². The average Bonchev–Trinajstić information content (AvgIpc) is 3.49. The van der Waals surface area contributed by atoms with Crippen molar-refractivity contribution in [2.45, 2.75) is 123 Å². The summed E-state index contributed by atoms with van der Waals surface area (Å²) in [5.74, 6) is -1.90. The van der Waals surface area contributed by atoms with E-state index in [-0.39, 0.29) is 40.6 Å². The molecule has 6 atom stereocenters. The van der Waals surface area contributed by atoms with Crippen LogP contribution in [0.25, 0.3) is 11.0 Å². The fraction of sp³-hybridized carbons (Fsp3) is 0.649. The molecule has 0 amide bonds. The lowest BCUT2D eigenvalue weighted by atomic mass is 9.66. The highest BCUT2D eigenvalue weighted by molar-refractivity contribution is 5.95. The molecule has 4 bridgehead atoms. The number of nitrogens with one attached hydrogen (secondary N) is 1. The van der Waals surface area contributed by atoms with Gasteiger partial charge in [0.1, 0.15) is 28.4 Å². The fourth-order valence-electron chi connectivity index (χ4n) is 9.17. The van der Waals surface area contributed by atoms with Crippen molar-refractivity contribution in [3.05, 3.63) is 33.7 Å². The molecule has 5 aliphatic rings. The van der Waals surface area contributed by atoms with E-state index in [4.69, 9.17) is 28.1 Å². The molecular weight excluding hydrogens is 634 g/mol. The molecule has 2 aliphatic carbocycles. The summed E-state index contributed by atoms with van der Waals surface area (Å²) in [7, 11) is 1.63. The highest BCUT2D eigenvalue weighted by Gasteiger charge is 2.78. The van der Waals surface area contributed by atoms with Crippen molar-refractivity contribution in [3.8, 4) is 5.75 Å². The largest absolute Gasteiger partial charge is 0.483 e. The first-order chi connectivity index (χ1) is 22.7. The summed E-state index contributed by atoms with van der Waals surface area (Å²) in [5, 5.41) is 3.13. The van der Waals surface area contributed by atoms with Crippen LogP contribution in [0.5, 0.6) is 5.75 Å². The molecule has 0 radical (unpaired) electrons. The third-order valence-corrected chi connectivity index (χ3v) is 13.6. The average molecular weight is 680 g/mol. The number of ether oxygens (including phenoxy) is 5. The second-order valence-corrected chi connectivity index (χ2v) is 16.4. The maximum absolute atomic E-state index is 14.6. The highest BCUT2D eigenvalue weighted by atomic mass is 16.7. The molecular formula is C37H45NO11. The van der Waals surface area contributed by atoms with Crippen molar-refractivity contribution in [3.63, 3.8) is 0 Å². The zero-order chi connectivity index (χ0) is 35.9. The normalized spacial score (nSPS) is 35.7. The molecule has 12 nitrogen and oxygen atoms in total. The summed E-state index contributed by atoms with van der Waals surface area (Å²) in [6.07, 6.45) is -0.970. The Morgan fingerprint density at radius 3 is 1.78 bits per heavy atom. The third-order valence-electron chi connectivity index (χ3n) is 13.6. The SMILES string of the molecule is CCc1oc2c3c(ccc2c(=O)c1NC)OC(C)(C)[C@H](OC(=O)[C@@]12CC[C@@](C)(C(=O)O1)C2(C)C)[C@@H]3OC(=O)[C@@]12CC[C@@](C)(C(=O)O1)C2(C)C. The minimum absolute atomic E-state index is 0.114. The fourth-order valence-corrected chi connectivity index (χ4v) is 9.17. The van der Waals surface area contributed by atoms with Gasteiger partial charge in [-0.15, -0.1) is 0 Å². The molecule has 0 spiro atoms. The van der Waals surface area contributed by atoms with Crippen LogP contribution in [0.3, 0.4) is 0 Å². The van der Waals surface area contributed by atoms with Gasteiger partial charge in [-0.3, -0.25) is 14.4 Å². The topological polar surface area (TPSA) is 157 Å². The molecule has 0 unspecified atom stereocenters. The Morgan fingerprint density at radius 2 is 1.33 bits per heavy atom. The summed E-state index contributed by atoms with van der Waals surface area (Å²) >= 11 is 0. The molecule has 12 heteroatoms. The number of hydrogen-bond acceptors (Lipinski definition) is 12. The summed E-state index contributed by atoms with van der Waals surface area (Å²) < 4.78 is 37.4. The molecule has 3 aliphatic heterocycles. The number of fused-ring (bicyclic) bond motifs is 7. The Kier molecular flexibility index (Phi) is 6.67. The standard InChI is InChI=1S/C37H45NO11/c1-11-19-22(38-10)23(39)18-12-13-20-21(24(18)44-19)25(45-29(42)36-16-14-34(8,27(40)48-36)32(36,4)5)26(31(2,3)47-20)46-30(43)37-17-15-35(9,28(41)49-37)33(37,6)7/h12-13,25-26,38H,11,14-17H2,1-10H3/t25-,26-,34+,35+,36-,37-/m1/s1. The zero-order valence-corrected chi connectivity index (χ0v) is 29.8. The molecule has 4 fully saturated rings. The van der Waals surface area contributed by atoms with Gasteiger partial charge in [0.2, 0.25) is 16.6 Å². The minimum atomic E-state index is -1.61. The number of aryl methyl sites for hydroxylation is 1. The lowest BCUT2D eigenvalue weighted by Crippen LogP contribution is -2.57. The Bertz CT molecular complexity index is 1920. The molecule has 1 aromatic heterocycles. The molecule has 1 aromatic carbocycles. The number of carbonyl (C=O) groups excluding carboxylic acids is 4. The first-order valence-corrected chi connectivity index (χ1v) is 17.1. The van der Waals surface area contributed by atoms with E-state index in [0.29, 0.717) is 30.7 Å². The molecule has 49 heavy (non-hydrogen) atoms. The lowest BCUT2D eigenvalue weighted by Gasteiger charge is -2.45. The summed E-state index contributed by atoms with van der Waals surface area (Å²) in [5.41, 5.74) is -7.86. The quantitative estimate of drug-likeness (QED) is 0.311. The number of benzene rings is 1. The second kappa shape index (κ2) is 9.78. The van der Waals surface area contributed by atoms with Gasteiger partial charge in [0, 0.05) is 24.3 Å². The number of hydrogen-bond donors (Lipinski definition) is 1. The molecule has 2 aromatic rings.